The van der Waals surface area contributed by atoms with Gasteiger partial charge in [-0.05, 0) is 0 Å². The fourth-order valence-electron chi connectivity index (χ4n) is 5.68. The topological polar surface area (TPSA) is 400 Å². The lowest BCUT2D eigenvalue weighted by Gasteiger charge is -2.43. The van der Waals surface area contributed by atoms with E-state index in [4.69, 9.17) is 41.4 Å². The van der Waals surface area contributed by atoms with Crippen LogP contribution in [0.1, 0.15) is 0 Å². The van der Waals surface area contributed by atoms with Gasteiger partial charge in [-0.3, -0.25) is 8.92 Å². The van der Waals surface area contributed by atoms with Crippen LogP contribution in [-0.4, -0.2) is 239 Å². The first-order chi connectivity index (χ1) is 24.0. The Bertz CT molecular complexity index is 1080. The van der Waals surface area contributed by atoms with Crippen molar-refractivity contribution in [1.29, 1.82) is 0 Å². The number of aliphatic hydroxyl groups is 14. The maximum absolute atomic E-state index is 12.7. The van der Waals surface area contributed by atoms with E-state index in [1.165, 1.54) is 0 Å². The second-order valence-electron chi connectivity index (χ2n) is 12.0. The maximum Gasteiger partial charge on any atom is 0.761 e. The fraction of sp³-hybridized carbons (Fsp3) is 1.00. The van der Waals surface area contributed by atoms with Crippen LogP contribution in [0.25, 0.3) is 0 Å². The van der Waals surface area contributed by atoms with Gasteiger partial charge in [0.1, 0.15) is 98.7 Å². The van der Waals surface area contributed by atoms with E-state index >= 15 is 0 Å². The molecular weight excluding hydrogens is 744 g/mol. The molecule has 27 heteroatoms. The summed E-state index contributed by atoms with van der Waals surface area (Å²) in [5.74, 6) is -5.33. The molecule has 4 saturated heterocycles. The molecule has 4 fully saturated rings. The average molecular weight is 787 g/mol. The molecule has 0 amide bonds. The Morgan fingerprint density at radius 1 is 0.471 bits per heavy atom. The predicted octanol–water partition coefficient (Wildman–Crippen LogP) is -10.9. The van der Waals surface area contributed by atoms with E-state index in [0.29, 0.717) is 0 Å². The van der Waals surface area contributed by atoms with Gasteiger partial charge in [0.2, 0.25) is 11.6 Å². The summed E-state index contributed by atoms with van der Waals surface area (Å²) < 4.78 is 72.3. The molecule has 14 N–H and O–H groups in total. The first-order valence-electron chi connectivity index (χ1n) is 15.3. The molecule has 0 radical (unpaired) electrons. The number of rotatable bonds is 16. The molecule has 18 atom stereocenters. The molecule has 4 aliphatic heterocycles. The van der Waals surface area contributed by atoms with Gasteiger partial charge in [-0.25, -0.2) is 0 Å². The molecule has 51 heavy (non-hydrogen) atoms. The van der Waals surface area contributed by atoms with Crippen LogP contribution in [-0.2, 0) is 50.3 Å². The van der Waals surface area contributed by atoms with Gasteiger partial charge >= 0.3 is 18.3 Å². The van der Waals surface area contributed by atoms with Crippen LogP contribution in [0.15, 0.2) is 0 Å². The normalized spacial score (nSPS) is 47.3. The van der Waals surface area contributed by atoms with E-state index in [-0.39, 0.29) is 0 Å². The SMILES string of the molecule is O=[Si](OC[C@@]1(O[C@H]2O[C@H](CO)[C@@H](O)[C@H](O)[C@H]2O)O[C@H](CO)[C@@H](O)[C@@H]1O)O[Si](=O)OC[C@@]1(O[C@H]2O[C@H](CO)[C@@H](O)[C@H](O)[C@H]2O)O[C@H](CO)[C@@H](O)[C@@H]1O. The molecule has 25 nitrogen and oxygen atoms in total. The molecule has 0 saturated carbocycles. The summed E-state index contributed by atoms with van der Waals surface area (Å²) in [6.07, 6.45) is -30.0. The summed E-state index contributed by atoms with van der Waals surface area (Å²) in [6.45, 7) is -5.99. The highest BCUT2D eigenvalue weighted by Crippen LogP contribution is 2.38. The highest BCUT2D eigenvalue weighted by atomic mass is 28.4. The van der Waals surface area contributed by atoms with Crippen LogP contribution in [0, 0.1) is 0 Å². The third-order valence-electron chi connectivity index (χ3n) is 8.65. The molecule has 0 aromatic rings. The Morgan fingerprint density at radius 3 is 1.10 bits per heavy atom. The van der Waals surface area contributed by atoms with Crippen LogP contribution in [0.4, 0.5) is 0 Å². The highest BCUT2D eigenvalue weighted by Gasteiger charge is 2.61. The Balaban J connectivity index is 1.44. The minimum absolute atomic E-state index is 0.883. The summed E-state index contributed by atoms with van der Waals surface area (Å²) in [4.78, 5) is 0. The van der Waals surface area contributed by atoms with Gasteiger partial charge in [0.15, 0.2) is 12.6 Å². The van der Waals surface area contributed by atoms with Crippen molar-refractivity contribution >= 4 is 18.3 Å². The summed E-state index contributed by atoms with van der Waals surface area (Å²) in [6, 6.07) is 0. The van der Waals surface area contributed by atoms with Crippen molar-refractivity contribution in [2.45, 2.75) is 110 Å². The van der Waals surface area contributed by atoms with Crippen molar-refractivity contribution < 1.29 is 122 Å². The van der Waals surface area contributed by atoms with Crippen molar-refractivity contribution in [3.63, 3.8) is 0 Å². The van der Waals surface area contributed by atoms with Crippen LogP contribution in [0.2, 0.25) is 0 Å². The van der Waals surface area contributed by atoms with Crippen LogP contribution < -0.4 is 0 Å². The zero-order chi connectivity index (χ0) is 38.0. The van der Waals surface area contributed by atoms with Gasteiger partial charge in [0.05, 0.1) is 26.4 Å². The molecular formula is C24H42O25Si2. The third kappa shape index (κ3) is 8.64. The monoisotopic (exact) mass is 786 g/mol. The number of ether oxygens (including phenoxy) is 6. The van der Waals surface area contributed by atoms with Crippen molar-refractivity contribution in [2.24, 2.45) is 0 Å². The van der Waals surface area contributed by atoms with Gasteiger partial charge in [-0.15, -0.1) is 0 Å². The summed E-state index contributed by atoms with van der Waals surface area (Å²) in [5, 5.41) is 141. The molecule has 0 aliphatic carbocycles. The smallest absolute Gasteiger partial charge is 0.491 e. The number of hydrogen-bond acceptors (Lipinski definition) is 25. The Hall–Kier alpha value is -1.37. The quantitative estimate of drug-likeness (QED) is 0.0646. The summed E-state index contributed by atoms with van der Waals surface area (Å²) in [7, 11) is -8.01. The molecule has 4 aliphatic rings. The molecule has 4 heterocycles. The van der Waals surface area contributed by atoms with Crippen LogP contribution in [0.3, 0.4) is 0 Å². The molecule has 0 unspecified atom stereocenters. The minimum atomic E-state index is -4.01. The zero-order valence-electron chi connectivity index (χ0n) is 26.2. The van der Waals surface area contributed by atoms with Gasteiger partial charge in [-0.1, -0.05) is 0 Å². The molecule has 0 spiro atoms. The Labute approximate surface area is 289 Å². The van der Waals surface area contributed by atoms with E-state index in [0.717, 1.165) is 0 Å². The third-order valence-corrected chi connectivity index (χ3v) is 10.7. The number of aliphatic hydroxyl groups excluding tert-OH is 14. The Kier molecular flexibility index (Phi) is 14.5. The van der Waals surface area contributed by atoms with Crippen molar-refractivity contribution in [2.75, 3.05) is 39.6 Å². The van der Waals surface area contributed by atoms with E-state index in [1.807, 2.05) is 0 Å². The van der Waals surface area contributed by atoms with Gasteiger partial charge < -0.3 is 113 Å². The lowest BCUT2D eigenvalue weighted by atomic mass is 9.99. The predicted molar refractivity (Wildman–Crippen MR) is 149 cm³/mol. The average Bonchev–Trinajstić information content (AvgIpc) is 3.50. The highest BCUT2D eigenvalue weighted by molar-refractivity contribution is 6.42. The van der Waals surface area contributed by atoms with Crippen molar-refractivity contribution in [3.8, 4) is 0 Å². The summed E-state index contributed by atoms with van der Waals surface area (Å²) >= 11 is 0. The summed E-state index contributed by atoms with van der Waals surface area (Å²) in [5.41, 5.74) is 0. The lowest BCUT2D eigenvalue weighted by molar-refractivity contribution is -0.383. The van der Waals surface area contributed by atoms with E-state index in [2.05, 4.69) is 0 Å². The first kappa shape index (κ1) is 42.4. The van der Waals surface area contributed by atoms with Gasteiger partial charge in [0, 0.05) is 0 Å². The largest absolute Gasteiger partial charge is 0.761 e. The molecule has 0 aromatic heterocycles. The van der Waals surface area contributed by atoms with E-state index in [9.17, 15) is 80.4 Å². The standard InChI is InChI=1S/C24H42O25Si2/c25-1-7-11(29)15(33)17(35)21(43-7)47-23(19(37)13(31)9(3-27)45-23)5-41-50(39)49-51(40)42-6-24(20(38)14(32)10(4-28)46-24)48-22-18(36)16(34)12(30)8(2-26)44-22/h7-22,25-38H,1-6H2/t7-,8-,9-,10-,11-,12-,13-,14-,15+,16+,17-,18-,19+,20+,21-,22-,23+,24+/m1/s1. The van der Waals surface area contributed by atoms with Crippen LogP contribution in [0.5, 0.6) is 0 Å². The zero-order valence-corrected chi connectivity index (χ0v) is 28.2. The van der Waals surface area contributed by atoms with Crippen LogP contribution >= 0.6 is 0 Å². The molecule has 0 bridgehead atoms. The Morgan fingerprint density at radius 2 is 0.804 bits per heavy atom. The number of hydrogen-bond donors (Lipinski definition) is 14. The van der Waals surface area contributed by atoms with Crippen molar-refractivity contribution in [3.05, 3.63) is 0 Å². The van der Waals surface area contributed by atoms with Crippen molar-refractivity contribution in [1.82, 2.24) is 0 Å². The molecule has 4 rings (SSSR count). The van der Waals surface area contributed by atoms with Gasteiger partial charge in [-0.2, -0.15) is 0 Å². The minimum Gasteiger partial charge on any atom is -0.491 e. The second-order valence-corrected chi connectivity index (χ2v) is 14.4. The van der Waals surface area contributed by atoms with Gasteiger partial charge in [0.25, 0.3) is 0 Å². The second kappa shape index (κ2) is 17.4. The lowest BCUT2D eigenvalue weighted by Crippen LogP contribution is -2.63. The first-order valence-corrected chi connectivity index (χ1v) is 17.7. The fourth-order valence-corrected chi connectivity index (χ4v) is 7.33. The maximum atomic E-state index is 12.7. The van der Waals surface area contributed by atoms with E-state index in [1.54, 1.807) is 0 Å². The molecule has 0 aromatic carbocycles. The van der Waals surface area contributed by atoms with E-state index < -0.39 is 168 Å². The molecule has 296 valence electrons.